The molecule has 0 fully saturated rings. The van der Waals surface area contributed by atoms with E-state index >= 15 is 0 Å². The van der Waals surface area contributed by atoms with E-state index in [2.05, 4.69) is 15.6 Å². The molecule has 1 heterocycles. The minimum atomic E-state index is -0.418. The van der Waals surface area contributed by atoms with E-state index in [1.54, 1.807) is 30.3 Å². The summed E-state index contributed by atoms with van der Waals surface area (Å²) < 4.78 is 0. The number of anilines is 2. The van der Waals surface area contributed by atoms with Crippen molar-refractivity contribution >= 4 is 52.2 Å². The molecule has 7 heteroatoms. The molecule has 0 aliphatic rings. The van der Waals surface area contributed by atoms with Crippen LogP contribution >= 0.6 is 34.8 Å². The van der Waals surface area contributed by atoms with Gasteiger partial charge in [0.2, 0.25) is 0 Å². The summed E-state index contributed by atoms with van der Waals surface area (Å²) in [6.07, 6.45) is 0. The van der Waals surface area contributed by atoms with Gasteiger partial charge in [0.25, 0.3) is 5.91 Å². The fourth-order valence-electron chi connectivity index (χ4n) is 1.65. The zero-order valence-corrected chi connectivity index (χ0v) is 13.4. The molecule has 0 aliphatic carbocycles. The largest absolute Gasteiger partial charge is 0.370 e. The van der Waals surface area contributed by atoms with Crippen molar-refractivity contribution in [3.63, 3.8) is 0 Å². The van der Waals surface area contributed by atoms with Gasteiger partial charge in [-0.25, -0.2) is 4.98 Å². The molecular weight excluding hydrogens is 333 g/mol. The normalized spacial score (nSPS) is 10.3. The quantitative estimate of drug-likeness (QED) is 0.843. The number of hydrogen-bond donors (Lipinski definition) is 2. The summed E-state index contributed by atoms with van der Waals surface area (Å²) in [7, 11) is 0. The van der Waals surface area contributed by atoms with Crippen LogP contribution < -0.4 is 10.6 Å². The molecule has 0 saturated heterocycles. The molecule has 1 aromatic carbocycles. The minimum absolute atomic E-state index is 0.140. The molecule has 0 saturated carbocycles. The number of pyridine rings is 1. The molecule has 0 aliphatic heterocycles. The molecule has 0 bridgehead atoms. The van der Waals surface area contributed by atoms with Crippen molar-refractivity contribution in [2.24, 2.45) is 0 Å². The Morgan fingerprint density at radius 1 is 1.10 bits per heavy atom. The summed E-state index contributed by atoms with van der Waals surface area (Å²) in [5, 5.41) is 6.75. The number of nitrogens with one attached hydrogen (secondary N) is 2. The fraction of sp³-hybridized carbons (Fsp3) is 0.143. The summed E-state index contributed by atoms with van der Waals surface area (Å²) >= 11 is 17.8. The molecule has 2 rings (SSSR count). The molecule has 1 aromatic heterocycles. The first kappa shape index (κ1) is 15.9. The van der Waals surface area contributed by atoms with Gasteiger partial charge < -0.3 is 10.6 Å². The number of hydrogen-bond acceptors (Lipinski definition) is 3. The highest BCUT2D eigenvalue weighted by Gasteiger charge is 2.14. The molecule has 2 aromatic rings. The second-order valence-corrected chi connectivity index (χ2v) is 5.36. The minimum Gasteiger partial charge on any atom is -0.370 e. The van der Waals surface area contributed by atoms with Gasteiger partial charge in [-0.1, -0.05) is 34.8 Å². The highest BCUT2D eigenvalue weighted by atomic mass is 35.5. The van der Waals surface area contributed by atoms with Gasteiger partial charge in [0.05, 0.1) is 15.1 Å². The Morgan fingerprint density at radius 3 is 2.48 bits per heavy atom. The maximum absolute atomic E-state index is 12.2. The number of amides is 1. The number of halogens is 3. The summed E-state index contributed by atoms with van der Waals surface area (Å²) in [6, 6.07) is 8.14. The van der Waals surface area contributed by atoms with E-state index in [1.165, 1.54) is 0 Å². The highest BCUT2D eigenvalue weighted by molar-refractivity contribution is 6.42. The molecule has 1 amide bonds. The van der Waals surface area contributed by atoms with Crippen molar-refractivity contribution in [2.45, 2.75) is 6.92 Å². The van der Waals surface area contributed by atoms with Crippen LogP contribution in [0, 0.1) is 0 Å². The third-order valence-corrected chi connectivity index (χ3v) is 3.64. The number of carbonyl (C=O) groups is 1. The van der Waals surface area contributed by atoms with Crippen molar-refractivity contribution in [2.75, 3.05) is 17.2 Å². The lowest BCUT2D eigenvalue weighted by molar-refractivity contribution is 0.102. The van der Waals surface area contributed by atoms with Crippen molar-refractivity contribution in [1.29, 1.82) is 0 Å². The van der Waals surface area contributed by atoms with Gasteiger partial charge in [0, 0.05) is 12.2 Å². The molecular formula is C14H12Cl3N3O. The van der Waals surface area contributed by atoms with E-state index in [9.17, 15) is 4.79 Å². The van der Waals surface area contributed by atoms with Gasteiger partial charge in [-0.05, 0) is 37.3 Å². The maximum atomic E-state index is 12.2. The van der Waals surface area contributed by atoms with Crippen LogP contribution in [0.15, 0.2) is 30.3 Å². The molecule has 21 heavy (non-hydrogen) atoms. The number of nitrogens with zero attached hydrogens (tertiary/aromatic N) is 1. The molecule has 0 spiro atoms. The number of aromatic nitrogens is 1. The predicted octanol–water partition coefficient (Wildman–Crippen LogP) is 4.73. The molecule has 2 N–H and O–H groups in total. The van der Waals surface area contributed by atoms with E-state index in [-0.39, 0.29) is 10.7 Å². The molecule has 110 valence electrons. The van der Waals surface area contributed by atoms with E-state index in [0.717, 1.165) is 0 Å². The van der Waals surface area contributed by atoms with Crippen molar-refractivity contribution < 1.29 is 4.79 Å². The van der Waals surface area contributed by atoms with E-state index in [0.29, 0.717) is 28.1 Å². The first-order valence-electron chi connectivity index (χ1n) is 6.18. The standard InChI is InChI=1S/C14H12Cl3N3O/c1-2-18-12-6-5-10(16)13(20-12)14(21)19-8-3-4-9(15)11(17)7-8/h3-7H,2H2,1H3,(H,18,20)(H,19,21). The van der Waals surface area contributed by atoms with Crippen LogP contribution in [0.5, 0.6) is 0 Å². The van der Waals surface area contributed by atoms with Gasteiger partial charge in [-0.15, -0.1) is 0 Å². The Morgan fingerprint density at radius 2 is 1.81 bits per heavy atom. The monoisotopic (exact) mass is 343 g/mol. The third kappa shape index (κ3) is 4.00. The van der Waals surface area contributed by atoms with E-state index < -0.39 is 5.91 Å². The van der Waals surface area contributed by atoms with Crippen LogP contribution in [0.4, 0.5) is 11.5 Å². The van der Waals surface area contributed by atoms with E-state index in [4.69, 9.17) is 34.8 Å². The van der Waals surface area contributed by atoms with Crippen LogP contribution in [0.3, 0.4) is 0 Å². The van der Waals surface area contributed by atoms with Gasteiger partial charge in [0.15, 0.2) is 0 Å². The lowest BCUT2D eigenvalue weighted by Crippen LogP contribution is -2.15. The first-order valence-corrected chi connectivity index (χ1v) is 7.31. The summed E-state index contributed by atoms with van der Waals surface area (Å²) in [4.78, 5) is 16.4. The lowest BCUT2D eigenvalue weighted by atomic mass is 10.3. The van der Waals surface area contributed by atoms with Crippen LogP contribution in [0.25, 0.3) is 0 Å². The topological polar surface area (TPSA) is 54.0 Å². The van der Waals surface area contributed by atoms with Crippen LogP contribution in [-0.4, -0.2) is 17.4 Å². The number of rotatable bonds is 4. The second-order valence-electron chi connectivity index (χ2n) is 4.14. The van der Waals surface area contributed by atoms with Crippen LogP contribution in [-0.2, 0) is 0 Å². The zero-order chi connectivity index (χ0) is 15.4. The highest BCUT2D eigenvalue weighted by Crippen LogP contribution is 2.26. The second kappa shape index (κ2) is 6.98. The molecule has 0 unspecified atom stereocenters. The van der Waals surface area contributed by atoms with Gasteiger partial charge >= 0.3 is 0 Å². The predicted molar refractivity (Wildman–Crippen MR) is 87.8 cm³/mol. The molecule has 0 radical (unpaired) electrons. The Hall–Kier alpha value is -1.49. The van der Waals surface area contributed by atoms with Crippen LogP contribution in [0.2, 0.25) is 15.1 Å². The Bertz CT molecular complexity index is 677. The summed E-state index contributed by atoms with van der Waals surface area (Å²) in [6.45, 7) is 2.63. The van der Waals surface area contributed by atoms with Crippen molar-refractivity contribution in [3.05, 3.63) is 51.1 Å². The Kier molecular flexibility index (Phi) is 5.28. The molecule has 0 atom stereocenters. The maximum Gasteiger partial charge on any atom is 0.275 e. The third-order valence-electron chi connectivity index (χ3n) is 2.60. The van der Waals surface area contributed by atoms with E-state index in [1.807, 2.05) is 6.92 Å². The van der Waals surface area contributed by atoms with Gasteiger partial charge in [-0.2, -0.15) is 0 Å². The SMILES string of the molecule is CCNc1ccc(Cl)c(C(=O)Nc2ccc(Cl)c(Cl)c2)n1. The van der Waals surface area contributed by atoms with Crippen LogP contribution in [0.1, 0.15) is 17.4 Å². The Labute approximate surface area is 137 Å². The lowest BCUT2D eigenvalue weighted by Gasteiger charge is -2.09. The smallest absolute Gasteiger partial charge is 0.275 e. The fourth-order valence-corrected chi connectivity index (χ4v) is 2.13. The van der Waals surface area contributed by atoms with Gasteiger partial charge in [-0.3, -0.25) is 4.79 Å². The van der Waals surface area contributed by atoms with Crippen molar-refractivity contribution in [3.8, 4) is 0 Å². The summed E-state index contributed by atoms with van der Waals surface area (Å²) in [5.41, 5.74) is 0.655. The first-order chi connectivity index (χ1) is 10.0. The zero-order valence-electron chi connectivity index (χ0n) is 11.1. The van der Waals surface area contributed by atoms with Gasteiger partial charge in [0.1, 0.15) is 11.5 Å². The number of carbonyl (C=O) groups excluding carboxylic acids is 1. The average molecular weight is 345 g/mol. The number of benzene rings is 1. The molecule has 4 nitrogen and oxygen atoms in total. The van der Waals surface area contributed by atoms with Crippen molar-refractivity contribution in [1.82, 2.24) is 4.98 Å². The average Bonchev–Trinajstić information content (AvgIpc) is 2.45. The summed E-state index contributed by atoms with van der Waals surface area (Å²) in [5.74, 6) is 0.166. The Balaban J connectivity index is 2.23.